The van der Waals surface area contributed by atoms with Crippen LogP contribution in [0.5, 0.6) is 11.5 Å². The van der Waals surface area contributed by atoms with Crippen molar-refractivity contribution in [2.24, 2.45) is 0 Å². The number of likely N-dealkylation sites (N-methyl/N-ethyl adjacent to an activating group) is 1. The van der Waals surface area contributed by atoms with Crippen molar-refractivity contribution in [2.75, 3.05) is 32.8 Å². The average molecular weight is 493 g/mol. The number of nitrogens with one attached hydrogen (secondary N) is 1. The quantitative estimate of drug-likeness (QED) is 0.213. The summed E-state index contributed by atoms with van der Waals surface area (Å²) in [5.41, 5.74) is 1.01. The molecule has 1 unspecified atom stereocenters. The molecular weight excluding hydrogens is 456 g/mol. The summed E-state index contributed by atoms with van der Waals surface area (Å²) >= 11 is 0. The van der Waals surface area contributed by atoms with E-state index in [9.17, 15) is 14.7 Å². The van der Waals surface area contributed by atoms with E-state index < -0.39 is 23.5 Å². The first-order chi connectivity index (χ1) is 17.3. The van der Waals surface area contributed by atoms with Gasteiger partial charge in [0.2, 0.25) is 5.78 Å². The number of benzene rings is 2. The molecule has 3 rings (SSSR count). The molecule has 1 fully saturated rings. The molecule has 1 atom stereocenters. The number of amides is 1. The Balaban J connectivity index is 2.03. The number of ketones is 1. The lowest BCUT2D eigenvalue weighted by atomic mass is 9.95. The van der Waals surface area contributed by atoms with Gasteiger partial charge in [0, 0.05) is 5.57 Å². The van der Waals surface area contributed by atoms with Gasteiger partial charge in [-0.1, -0.05) is 42.7 Å². The van der Waals surface area contributed by atoms with Gasteiger partial charge in [0.15, 0.2) is 0 Å². The minimum Gasteiger partial charge on any atom is -0.872 e. The summed E-state index contributed by atoms with van der Waals surface area (Å²) in [5.74, 6) is -0.552. The van der Waals surface area contributed by atoms with Crippen LogP contribution in [-0.2, 0) is 9.59 Å². The molecule has 0 saturated carbocycles. The number of carbonyl (C=O) groups excluding carboxylic acids is 2. The molecule has 192 valence electrons. The van der Waals surface area contributed by atoms with Crippen LogP contribution in [0.25, 0.3) is 5.76 Å². The van der Waals surface area contributed by atoms with Crippen LogP contribution in [0.2, 0.25) is 0 Å². The summed E-state index contributed by atoms with van der Waals surface area (Å²) in [6.45, 7) is 14.9. The number of Topliss-reactive ketones (excluding diaryl/α,β-unsaturated/α-hetero) is 1. The van der Waals surface area contributed by atoms with Gasteiger partial charge in [0.05, 0.1) is 38.3 Å². The molecule has 1 heterocycles. The monoisotopic (exact) mass is 492 g/mol. The highest BCUT2D eigenvalue weighted by atomic mass is 16.5. The molecule has 0 aliphatic carbocycles. The fraction of sp³-hybridized carbons (Fsp3) is 0.379. The number of rotatable bonds is 12. The van der Waals surface area contributed by atoms with Gasteiger partial charge in [-0.05, 0) is 63.1 Å². The van der Waals surface area contributed by atoms with Gasteiger partial charge in [-0.25, -0.2) is 0 Å². The number of likely N-dealkylation sites (tertiary alicyclic amines) is 1. The van der Waals surface area contributed by atoms with E-state index in [0.29, 0.717) is 42.3 Å². The third kappa shape index (κ3) is 6.15. The minimum atomic E-state index is -0.753. The van der Waals surface area contributed by atoms with Gasteiger partial charge < -0.3 is 24.4 Å². The van der Waals surface area contributed by atoms with Gasteiger partial charge in [-0.3, -0.25) is 9.59 Å². The maximum absolute atomic E-state index is 13.6. The molecule has 2 aromatic rings. The van der Waals surface area contributed by atoms with Crippen LogP contribution in [0.3, 0.4) is 0 Å². The topological polar surface area (TPSA) is 83.3 Å². The lowest BCUT2D eigenvalue weighted by Crippen LogP contribution is -3.12. The van der Waals surface area contributed by atoms with Gasteiger partial charge in [0.25, 0.3) is 5.91 Å². The molecular formula is C29H36N2O5. The molecule has 1 aliphatic rings. The summed E-state index contributed by atoms with van der Waals surface area (Å²) in [6.07, 6.45) is 1.65. The Labute approximate surface area is 213 Å². The Bertz CT molecular complexity index is 1090. The first-order valence-corrected chi connectivity index (χ1v) is 12.5. The van der Waals surface area contributed by atoms with E-state index in [2.05, 4.69) is 20.4 Å². The third-order valence-corrected chi connectivity index (χ3v) is 6.29. The zero-order chi connectivity index (χ0) is 26.2. The molecule has 2 aromatic carbocycles. The average Bonchev–Trinajstić information content (AvgIpc) is 3.13. The summed E-state index contributed by atoms with van der Waals surface area (Å²) in [7, 11) is 0. The van der Waals surface area contributed by atoms with Gasteiger partial charge in [-0.15, -0.1) is 0 Å². The molecule has 36 heavy (non-hydrogen) atoms. The highest BCUT2D eigenvalue weighted by Crippen LogP contribution is 2.39. The van der Waals surface area contributed by atoms with E-state index in [4.69, 9.17) is 9.47 Å². The van der Waals surface area contributed by atoms with Crippen molar-refractivity contribution in [1.82, 2.24) is 4.90 Å². The van der Waals surface area contributed by atoms with Crippen molar-refractivity contribution in [3.63, 3.8) is 0 Å². The van der Waals surface area contributed by atoms with Crippen LogP contribution in [0, 0.1) is 0 Å². The van der Waals surface area contributed by atoms with Crippen molar-refractivity contribution in [3.05, 3.63) is 77.9 Å². The maximum Gasteiger partial charge on any atom is 0.295 e. The second-order valence-corrected chi connectivity index (χ2v) is 9.04. The molecule has 0 radical (unpaired) electrons. The predicted molar refractivity (Wildman–Crippen MR) is 138 cm³/mol. The molecule has 0 bridgehead atoms. The van der Waals surface area contributed by atoms with E-state index >= 15 is 0 Å². The molecule has 0 spiro atoms. The summed E-state index contributed by atoms with van der Waals surface area (Å²) in [5, 5.41) is 13.6. The fourth-order valence-electron chi connectivity index (χ4n) is 4.34. The Morgan fingerprint density at radius 1 is 1.06 bits per heavy atom. The van der Waals surface area contributed by atoms with E-state index in [0.717, 1.165) is 13.1 Å². The number of hydrogen-bond donors (Lipinski definition) is 1. The number of nitrogens with zero attached hydrogens (tertiary/aromatic N) is 1. The predicted octanol–water partition coefficient (Wildman–Crippen LogP) is 2.19. The Kier molecular flexibility index (Phi) is 9.31. The Morgan fingerprint density at radius 3 is 2.22 bits per heavy atom. The largest absolute Gasteiger partial charge is 0.872 e. The maximum atomic E-state index is 13.6. The molecule has 1 saturated heterocycles. The van der Waals surface area contributed by atoms with Crippen LogP contribution >= 0.6 is 0 Å². The molecule has 1 N–H and O–H groups in total. The van der Waals surface area contributed by atoms with Crippen molar-refractivity contribution in [1.29, 1.82) is 0 Å². The van der Waals surface area contributed by atoms with E-state index in [-0.39, 0.29) is 11.7 Å². The van der Waals surface area contributed by atoms with Gasteiger partial charge in [-0.2, -0.15) is 0 Å². The van der Waals surface area contributed by atoms with Gasteiger partial charge >= 0.3 is 0 Å². The molecule has 1 aliphatic heterocycles. The second-order valence-electron chi connectivity index (χ2n) is 9.04. The van der Waals surface area contributed by atoms with Crippen LogP contribution in [0.1, 0.15) is 44.9 Å². The van der Waals surface area contributed by atoms with Crippen molar-refractivity contribution in [2.45, 2.75) is 39.8 Å². The number of carbonyl (C=O) groups is 2. The highest BCUT2D eigenvalue weighted by molar-refractivity contribution is 6.46. The molecule has 0 aromatic heterocycles. The van der Waals surface area contributed by atoms with Crippen LogP contribution < -0.4 is 19.5 Å². The van der Waals surface area contributed by atoms with E-state index in [1.165, 1.54) is 4.90 Å². The minimum absolute atomic E-state index is 0.0150. The standard InChI is InChI=1S/C29H36N2O5/c1-6-19-35-23-13-11-22(12-14-23)27(32)25-26(21-9-15-24(16-10-21)36-20(4)5)31(29(34)28(25)33)18-17-30(7-2)8-3/h6,9-16,20,26,32H,1,7-8,17-19H2,2-5H3. The smallest absolute Gasteiger partial charge is 0.295 e. The van der Waals surface area contributed by atoms with Crippen molar-refractivity contribution < 1.29 is 29.1 Å². The Hall–Kier alpha value is -3.58. The number of hydrogen-bond acceptors (Lipinski definition) is 5. The summed E-state index contributed by atoms with van der Waals surface area (Å²) in [6, 6.07) is 13.1. The SMILES string of the molecule is C=CCOc1ccc(C([O-])=C2C(=O)C(=O)N(CC[NH+](CC)CC)C2c2ccc(OC(C)C)cc2)cc1. The number of ether oxygens (including phenoxy) is 2. The van der Waals surface area contributed by atoms with E-state index in [1.807, 2.05) is 38.1 Å². The first-order valence-electron chi connectivity index (χ1n) is 12.5. The summed E-state index contributed by atoms with van der Waals surface area (Å²) in [4.78, 5) is 29.2. The van der Waals surface area contributed by atoms with Crippen molar-refractivity contribution >= 4 is 17.4 Å². The molecule has 7 nitrogen and oxygen atoms in total. The first kappa shape index (κ1) is 27.0. The molecule has 1 amide bonds. The van der Waals surface area contributed by atoms with Crippen LogP contribution in [0.4, 0.5) is 0 Å². The molecule has 7 heteroatoms. The van der Waals surface area contributed by atoms with E-state index in [1.54, 1.807) is 35.2 Å². The number of quaternary nitrogens is 1. The van der Waals surface area contributed by atoms with Crippen LogP contribution in [0.15, 0.2) is 66.8 Å². The fourth-order valence-corrected chi connectivity index (χ4v) is 4.34. The lowest BCUT2D eigenvalue weighted by Gasteiger charge is -2.28. The normalized spacial score (nSPS) is 17.2. The highest BCUT2D eigenvalue weighted by Gasteiger charge is 2.44. The third-order valence-electron chi connectivity index (χ3n) is 6.29. The second kappa shape index (κ2) is 12.4. The lowest BCUT2D eigenvalue weighted by molar-refractivity contribution is -0.895. The Morgan fingerprint density at radius 2 is 1.67 bits per heavy atom. The van der Waals surface area contributed by atoms with Gasteiger partial charge in [0.1, 0.15) is 18.1 Å². The van der Waals surface area contributed by atoms with Crippen molar-refractivity contribution in [3.8, 4) is 11.5 Å². The summed E-state index contributed by atoms with van der Waals surface area (Å²) < 4.78 is 11.2. The van der Waals surface area contributed by atoms with Crippen LogP contribution in [-0.4, -0.2) is 55.5 Å². The zero-order valence-corrected chi connectivity index (χ0v) is 21.6. The zero-order valence-electron chi connectivity index (χ0n) is 21.6.